The fourth-order valence-electron chi connectivity index (χ4n) is 2.68. The van der Waals surface area contributed by atoms with Gasteiger partial charge in [-0.05, 0) is 35.7 Å². The third-order valence-electron chi connectivity index (χ3n) is 3.61. The maximum Gasteiger partial charge on any atom is 0.0644 e. The van der Waals surface area contributed by atoms with E-state index < -0.39 is 0 Å². The van der Waals surface area contributed by atoms with Crippen LogP contribution in [0.2, 0.25) is 0 Å². The maximum atomic E-state index is 8.63. The molecule has 0 bridgehead atoms. The summed E-state index contributed by atoms with van der Waals surface area (Å²) in [4.78, 5) is 0. The van der Waals surface area contributed by atoms with Crippen molar-refractivity contribution in [2.75, 3.05) is 0 Å². The Morgan fingerprint density at radius 2 is 1.70 bits per heavy atom. The zero-order valence-corrected chi connectivity index (χ0v) is 11.9. The number of thiophene rings is 1. The van der Waals surface area contributed by atoms with Crippen molar-refractivity contribution in [1.82, 2.24) is 0 Å². The molecule has 0 saturated carbocycles. The lowest BCUT2D eigenvalue weighted by Gasteiger charge is -2.05. The molecule has 1 aromatic heterocycles. The summed E-state index contributed by atoms with van der Waals surface area (Å²) in [5.41, 5.74) is 3.20. The van der Waals surface area contributed by atoms with E-state index in [1.165, 1.54) is 5.56 Å². The molecule has 0 N–H and O–H groups in total. The maximum absolute atomic E-state index is 8.63. The largest absolute Gasteiger partial charge is 0.135 e. The van der Waals surface area contributed by atoms with Crippen LogP contribution in [0.15, 0.2) is 66.7 Å². The Morgan fingerprint density at radius 3 is 2.55 bits per heavy atom. The molecule has 20 heavy (non-hydrogen) atoms. The molecule has 96 valence electrons. The van der Waals surface area contributed by atoms with Crippen LogP contribution < -0.4 is 0 Å². The van der Waals surface area contributed by atoms with Crippen LogP contribution in [0.3, 0.4) is 0 Å². The van der Waals surface area contributed by atoms with Crippen molar-refractivity contribution in [3.8, 4) is 11.1 Å². The molecular formula is C19H14S. The molecule has 0 spiro atoms. The van der Waals surface area contributed by atoms with Gasteiger partial charge in [0.2, 0.25) is 0 Å². The first kappa shape index (κ1) is 9.73. The van der Waals surface area contributed by atoms with E-state index in [4.69, 9.17) is 2.74 Å². The second kappa shape index (κ2) is 4.46. The van der Waals surface area contributed by atoms with Crippen LogP contribution in [0.5, 0.6) is 0 Å². The minimum Gasteiger partial charge on any atom is -0.135 e. The van der Waals surface area contributed by atoms with Crippen molar-refractivity contribution in [2.24, 2.45) is 0 Å². The van der Waals surface area contributed by atoms with Crippen molar-refractivity contribution in [2.45, 2.75) is 6.92 Å². The molecule has 0 aliphatic carbocycles. The Labute approximate surface area is 125 Å². The molecule has 0 aliphatic rings. The van der Waals surface area contributed by atoms with Gasteiger partial charge < -0.3 is 0 Å². The highest BCUT2D eigenvalue weighted by atomic mass is 32.1. The molecule has 0 aliphatic heterocycles. The first-order valence-corrected chi connectivity index (χ1v) is 7.46. The lowest BCUT2D eigenvalue weighted by atomic mass is 10.00. The highest BCUT2D eigenvalue weighted by Gasteiger charge is 2.09. The van der Waals surface area contributed by atoms with Gasteiger partial charge in [-0.2, -0.15) is 0 Å². The molecule has 1 heterocycles. The summed E-state index contributed by atoms with van der Waals surface area (Å²) < 4.78 is 18.7. The van der Waals surface area contributed by atoms with Crippen LogP contribution in [0.4, 0.5) is 0 Å². The van der Waals surface area contributed by atoms with E-state index in [1.807, 2.05) is 42.5 Å². The first-order valence-electron chi connectivity index (χ1n) is 7.64. The average molecular weight is 276 g/mol. The van der Waals surface area contributed by atoms with Crippen LogP contribution in [0.25, 0.3) is 31.3 Å². The molecule has 0 unspecified atom stereocenters. The van der Waals surface area contributed by atoms with Crippen LogP contribution >= 0.6 is 11.3 Å². The van der Waals surface area contributed by atoms with Gasteiger partial charge in [0.1, 0.15) is 0 Å². The zero-order valence-electron chi connectivity index (χ0n) is 13.1. The number of rotatable bonds is 1. The van der Waals surface area contributed by atoms with E-state index in [9.17, 15) is 0 Å². The number of benzene rings is 3. The van der Waals surface area contributed by atoms with E-state index in [0.29, 0.717) is 12.1 Å². The average Bonchev–Trinajstić information content (AvgIpc) is 2.94. The molecule has 0 atom stereocenters. The number of fused-ring (bicyclic) bond motifs is 3. The molecule has 0 nitrogen and oxygen atoms in total. The monoisotopic (exact) mass is 276 g/mol. The van der Waals surface area contributed by atoms with Gasteiger partial charge in [0.25, 0.3) is 0 Å². The molecule has 3 aromatic carbocycles. The van der Waals surface area contributed by atoms with Gasteiger partial charge in [-0.15, -0.1) is 11.3 Å². The molecule has 0 radical (unpaired) electrons. The van der Waals surface area contributed by atoms with Gasteiger partial charge >= 0.3 is 0 Å². The molecule has 4 aromatic rings. The van der Waals surface area contributed by atoms with Crippen molar-refractivity contribution in [3.63, 3.8) is 0 Å². The molecule has 1 heteroatoms. The summed E-state index contributed by atoms with van der Waals surface area (Å²) in [6, 6.07) is 19.1. The van der Waals surface area contributed by atoms with Gasteiger partial charge in [0, 0.05) is 20.2 Å². The highest BCUT2D eigenvalue weighted by Crippen LogP contribution is 2.38. The quantitative estimate of drug-likeness (QED) is 0.398. The van der Waals surface area contributed by atoms with Crippen molar-refractivity contribution < 1.29 is 2.74 Å². The number of aryl methyl sites for hydroxylation is 1. The Balaban J connectivity index is 2.14. The smallest absolute Gasteiger partial charge is 0.0644 e. The van der Waals surface area contributed by atoms with E-state index in [0.717, 1.165) is 31.3 Å². The Morgan fingerprint density at radius 1 is 0.900 bits per heavy atom. The van der Waals surface area contributed by atoms with E-state index in [2.05, 4.69) is 19.1 Å². The molecule has 0 amide bonds. The topological polar surface area (TPSA) is 0 Å². The SMILES string of the molecule is [2H]c1cccc2c1sc1c([2H])c(-c3ccccc3)cc(C)c12. The number of hydrogen-bond acceptors (Lipinski definition) is 1. The third kappa shape index (κ3) is 1.75. The molecule has 4 rings (SSSR count). The van der Waals surface area contributed by atoms with Gasteiger partial charge in [0.05, 0.1) is 2.74 Å². The highest BCUT2D eigenvalue weighted by molar-refractivity contribution is 7.25. The first-order chi connectivity index (χ1) is 10.7. The normalized spacial score (nSPS) is 12.7. The number of hydrogen-bond donors (Lipinski definition) is 0. The summed E-state index contributed by atoms with van der Waals surface area (Å²) >= 11 is 1.56. The van der Waals surface area contributed by atoms with Crippen molar-refractivity contribution >= 4 is 31.5 Å². The lowest BCUT2D eigenvalue weighted by Crippen LogP contribution is -1.80. The predicted molar refractivity (Wildman–Crippen MR) is 89.5 cm³/mol. The summed E-state index contributed by atoms with van der Waals surface area (Å²) in [6.07, 6.45) is 0. The van der Waals surface area contributed by atoms with Crippen LogP contribution in [-0.2, 0) is 0 Å². The van der Waals surface area contributed by atoms with Gasteiger partial charge in [0.15, 0.2) is 0 Å². The van der Waals surface area contributed by atoms with E-state index >= 15 is 0 Å². The van der Waals surface area contributed by atoms with Crippen LogP contribution in [0.1, 0.15) is 8.30 Å². The summed E-state index contributed by atoms with van der Waals surface area (Å²) in [5, 5.41) is 2.22. The Bertz CT molecular complexity index is 1000. The predicted octanol–water partition coefficient (Wildman–Crippen LogP) is 6.03. The van der Waals surface area contributed by atoms with Crippen molar-refractivity contribution in [1.29, 1.82) is 0 Å². The second-order valence-electron chi connectivity index (χ2n) is 4.95. The van der Waals surface area contributed by atoms with E-state index in [-0.39, 0.29) is 0 Å². The van der Waals surface area contributed by atoms with Crippen LogP contribution in [0, 0.1) is 6.92 Å². The van der Waals surface area contributed by atoms with E-state index in [1.54, 1.807) is 11.3 Å². The summed E-state index contributed by atoms with van der Waals surface area (Å²) in [6.45, 7) is 2.09. The molecule has 0 fully saturated rings. The fourth-order valence-corrected chi connectivity index (χ4v) is 3.82. The van der Waals surface area contributed by atoms with Gasteiger partial charge in [-0.3, -0.25) is 0 Å². The minimum absolute atomic E-state index is 0.541. The minimum atomic E-state index is 0.541. The third-order valence-corrected chi connectivity index (χ3v) is 4.66. The fraction of sp³-hybridized carbons (Fsp3) is 0.0526. The summed E-state index contributed by atoms with van der Waals surface area (Å²) in [7, 11) is 0. The zero-order chi connectivity index (χ0) is 15.3. The lowest BCUT2D eigenvalue weighted by molar-refractivity contribution is 1.54. The van der Waals surface area contributed by atoms with Crippen molar-refractivity contribution in [3.05, 3.63) is 72.2 Å². The standard InChI is InChI=1S/C19H14S/c1-13-11-15(14-7-3-2-4-8-14)12-18-19(13)16-9-5-6-10-17(16)20-18/h2-12H,1H3/i10D,12D. The second-order valence-corrected chi connectivity index (χ2v) is 5.97. The van der Waals surface area contributed by atoms with Crippen LogP contribution in [-0.4, -0.2) is 0 Å². The van der Waals surface area contributed by atoms with Gasteiger partial charge in [-0.1, -0.05) is 54.6 Å². The Hall–Kier alpha value is -2.12. The summed E-state index contributed by atoms with van der Waals surface area (Å²) in [5.74, 6) is 0. The molecule has 0 saturated heterocycles. The molecular weight excluding hydrogens is 260 g/mol. The van der Waals surface area contributed by atoms with Gasteiger partial charge in [-0.25, -0.2) is 0 Å². The Kier molecular flexibility index (Phi) is 2.17.